The summed E-state index contributed by atoms with van der Waals surface area (Å²) in [7, 11) is 0. The van der Waals surface area contributed by atoms with Gasteiger partial charge in [-0.15, -0.1) is 0 Å². The molecule has 324 valence electrons. The molecule has 6 saturated carbocycles. The van der Waals surface area contributed by atoms with Crippen molar-refractivity contribution in [2.45, 2.75) is 207 Å². The first-order chi connectivity index (χ1) is 23.4. The van der Waals surface area contributed by atoms with E-state index in [1.807, 2.05) is 0 Å². The van der Waals surface area contributed by atoms with Crippen LogP contribution in [0.1, 0.15) is 195 Å². The quantitative estimate of drug-likeness (QED) is 0.150. The first-order valence-corrected chi connectivity index (χ1v) is 20.6. The van der Waals surface area contributed by atoms with Gasteiger partial charge < -0.3 is 14.2 Å². The van der Waals surface area contributed by atoms with Gasteiger partial charge in [-0.1, -0.05) is 105 Å². The van der Waals surface area contributed by atoms with Gasteiger partial charge in [0.1, 0.15) is 11.7 Å². The molecule has 0 aromatic heterocycles. The van der Waals surface area contributed by atoms with E-state index >= 15 is 0 Å². The molecule has 2 saturated heterocycles. The largest absolute Gasteiger partial charge is 0.462 e. The molecule has 2 aliphatic heterocycles. The lowest BCUT2D eigenvalue weighted by molar-refractivity contribution is -0.175. The molecule has 0 amide bonds. The van der Waals surface area contributed by atoms with Gasteiger partial charge in [0.2, 0.25) is 0 Å². The first kappa shape index (κ1) is 53.1. The zero-order valence-corrected chi connectivity index (χ0v) is 31.5. The van der Waals surface area contributed by atoms with E-state index in [9.17, 15) is 19.2 Å². The standard InChI is InChI=1S/C21H34O2.C15H24O2.C6H8O3.6CH4/c1-14-15(2)18-12-16(14)13-19(18)20(22)23-21(10-6-7-11-21)17-8-4-3-5-9-17;1-9-10(2)14-8-12(9)7-11(14)3-4-13-5-6-15(16)17-13;1-3-4(2)6(8)9-5(3)7;;;;;;/h14-19H,3-13H2,1-2H3;9-14H,3-8H2,1-2H3;3-4H,1-2H3;6*1H4. The number of carbonyl (C=O) groups excluding carboxylic acids is 4. The Morgan fingerprint density at radius 2 is 1.16 bits per heavy atom. The highest BCUT2D eigenvalue weighted by molar-refractivity contribution is 5.95. The molecule has 8 fully saturated rings. The predicted octanol–water partition coefficient (Wildman–Crippen LogP) is 12.9. The molecule has 2 heterocycles. The van der Waals surface area contributed by atoms with Crippen molar-refractivity contribution in [3.63, 3.8) is 0 Å². The Kier molecular flexibility index (Phi) is 21.5. The molecule has 0 spiro atoms. The van der Waals surface area contributed by atoms with Crippen LogP contribution in [-0.2, 0) is 33.4 Å². The Hall–Kier alpha value is -1.92. The van der Waals surface area contributed by atoms with Crippen LogP contribution in [-0.4, -0.2) is 35.6 Å². The molecule has 13 unspecified atom stereocenters. The lowest BCUT2D eigenvalue weighted by atomic mass is 9.74. The molecule has 55 heavy (non-hydrogen) atoms. The third-order valence-electron chi connectivity index (χ3n) is 15.9. The zero-order valence-electron chi connectivity index (χ0n) is 31.5. The minimum absolute atomic E-state index is 0. The van der Waals surface area contributed by atoms with E-state index in [0.29, 0.717) is 24.2 Å². The Morgan fingerprint density at radius 1 is 0.636 bits per heavy atom. The van der Waals surface area contributed by atoms with Crippen molar-refractivity contribution in [2.75, 3.05) is 0 Å². The molecule has 4 bridgehead atoms. The normalized spacial score (nSPS) is 38.7. The van der Waals surface area contributed by atoms with Crippen LogP contribution in [0.2, 0.25) is 0 Å². The van der Waals surface area contributed by atoms with E-state index in [0.717, 1.165) is 73.5 Å². The number of rotatable bonds is 6. The van der Waals surface area contributed by atoms with Crippen LogP contribution >= 0.6 is 0 Å². The van der Waals surface area contributed by atoms with Gasteiger partial charge in [0.15, 0.2) is 0 Å². The van der Waals surface area contributed by atoms with Crippen LogP contribution in [0.3, 0.4) is 0 Å². The fraction of sp³-hybridized carbons (Fsp3) is 0.917. The van der Waals surface area contributed by atoms with Crippen molar-refractivity contribution in [1.82, 2.24) is 0 Å². The topological polar surface area (TPSA) is 96.0 Å². The number of hydrogen-bond acceptors (Lipinski definition) is 7. The highest BCUT2D eigenvalue weighted by atomic mass is 16.6. The van der Waals surface area contributed by atoms with Crippen molar-refractivity contribution in [1.29, 1.82) is 0 Å². The molecule has 0 aromatic carbocycles. The van der Waals surface area contributed by atoms with E-state index in [4.69, 9.17) is 9.47 Å². The van der Waals surface area contributed by atoms with Gasteiger partial charge in [-0.2, -0.15) is 0 Å². The summed E-state index contributed by atoms with van der Waals surface area (Å²) in [5.41, 5.74) is -0.0752. The Morgan fingerprint density at radius 3 is 1.60 bits per heavy atom. The number of ether oxygens (including phenoxy) is 3. The number of hydrogen-bond donors (Lipinski definition) is 0. The molecule has 7 heteroatoms. The lowest BCUT2D eigenvalue weighted by Gasteiger charge is -2.41. The van der Waals surface area contributed by atoms with Gasteiger partial charge in [-0.05, 0) is 143 Å². The Bertz CT molecular complexity index is 1180. The highest BCUT2D eigenvalue weighted by Crippen LogP contribution is 2.57. The second-order valence-corrected chi connectivity index (χ2v) is 18.2. The third kappa shape index (κ3) is 11.2. The third-order valence-corrected chi connectivity index (χ3v) is 15.9. The fourth-order valence-corrected chi connectivity index (χ4v) is 12.0. The lowest BCUT2D eigenvalue weighted by Crippen LogP contribution is -2.44. The van der Waals surface area contributed by atoms with E-state index in [2.05, 4.69) is 32.4 Å². The van der Waals surface area contributed by atoms with Crippen molar-refractivity contribution in [3.05, 3.63) is 0 Å². The van der Waals surface area contributed by atoms with Crippen LogP contribution in [0.5, 0.6) is 0 Å². The van der Waals surface area contributed by atoms with E-state index < -0.39 is 11.9 Å². The van der Waals surface area contributed by atoms with Gasteiger partial charge in [0.05, 0.1) is 17.8 Å². The van der Waals surface area contributed by atoms with E-state index in [1.165, 1.54) is 70.6 Å². The maximum Gasteiger partial charge on any atom is 0.317 e. The first-order valence-electron chi connectivity index (χ1n) is 20.6. The summed E-state index contributed by atoms with van der Waals surface area (Å²) < 4.78 is 16.0. The van der Waals surface area contributed by atoms with Crippen LogP contribution in [0.4, 0.5) is 0 Å². The van der Waals surface area contributed by atoms with E-state index in [1.54, 1.807) is 13.8 Å². The van der Waals surface area contributed by atoms with Gasteiger partial charge in [0.25, 0.3) is 0 Å². The number of fused-ring (bicyclic) bond motifs is 4. The summed E-state index contributed by atoms with van der Waals surface area (Å²) in [5.74, 6) is 7.42. The van der Waals surface area contributed by atoms with Crippen LogP contribution < -0.4 is 0 Å². The molecule has 7 nitrogen and oxygen atoms in total. The van der Waals surface area contributed by atoms with Crippen molar-refractivity contribution in [3.8, 4) is 0 Å². The second kappa shape index (κ2) is 22.3. The van der Waals surface area contributed by atoms with Gasteiger partial charge in [0, 0.05) is 6.42 Å². The maximum absolute atomic E-state index is 13.1. The molecule has 0 aromatic rings. The van der Waals surface area contributed by atoms with Crippen LogP contribution in [0, 0.1) is 76.9 Å². The van der Waals surface area contributed by atoms with Gasteiger partial charge >= 0.3 is 23.9 Å². The summed E-state index contributed by atoms with van der Waals surface area (Å²) in [4.78, 5) is 45.2. The number of carbonyl (C=O) groups is 4. The number of cyclic esters (lactones) is 3. The number of esters is 4. The molecule has 8 aliphatic rings. The van der Waals surface area contributed by atoms with Gasteiger partial charge in [-0.25, -0.2) is 0 Å². The summed E-state index contributed by atoms with van der Waals surface area (Å²) in [6.45, 7) is 13.0. The summed E-state index contributed by atoms with van der Waals surface area (Å²) in [6, 6.07) is 0. The van der Waals surface area contributed by atoms with Crippen LogP contribution in [0.15, 0.2) is 0 Å². The van der Waals surface area contributed by atoms with Crippen molar-refractivity contribution >= 4 is 23.9 Å². The minimum atomic E-state index is -0.396. The molecule has 0 radical (unpaired) electrons. The minimum Gasteiger partial charge on any atom is -0.462 e. The average molecular weight is 779 g/mol. The molecular weight excluding hydrogens is 689 g/mol. The SMILES string of the molecule is C.C.C.C.C.C.CC1C(=O)OC(=O)C1C.CC1C2CC(C(=O)OC3(C4CCCCC4)CCCC3)C(C2)C1C.CC1C2CC(CCC3CCC(=O)O3)C(C2)C1C. The fourth-order valence-electron chi connectivity index (χ4n) is 12.0. The highest BCUT2D eigenvalue weighted by Gasteiger charge is 2.54. The molecule has 6 aliphatic carbocycles. The summed E-state index contributed by atoms with van der Waals surface area (Å²) in [6.07, 6.45) is 21.0. The molecule has 8 rings (SSSR count). The molecular formula is C48H90O7. The van der Waals surface area contributed by atoms with E-state index in [-0.39, 0.29) is 86.0 Å². The van der Waals surface area contributed by atoms with Crippen LogP contribution in [0.25, 0.3) is 0 Å². The van der Waals surface area contributed by atoms with Crippen molar-refractivity contribution in [2.24, 2.45) is 76.9 Å². The monoisotopic (exact) mass is 779 g/mol. The summed E-state index contributed by atoms with van der Waals surface area (Å²) in [5, 5.41) is 0. The van der Waals surface area contributed by atoms with Crippen molar-refractivity contribution < 1.29 is 33.4 Å². The zero-order chi connectivity index (χ0) is 35.0. The molecule has 13 atom stereocenters. The maximum atomic E-state index is 13.1. The smallest absolute Gasteiger partial charge is 0.317 e. The second-order valence-electron chi connectivity index (χ2n) is 18.2. The average Bonchev–Trinajstić information content (AvgIpc) is 3.97. The predicted molar refractivity (Wildman–Crippen MR) is 228 cm³/mol. The molecule has 0 N–H and O–H groups in total. The van der Waals surface area contributed by atoms with Gasteiger partial charge in [-0.3, -0.25) is 19.2 Å². The summed E-state index contributed by atoms with van der Waals surface area (Å²) >= 11 is 0. The Labute approximate surface area is 340 Å². The Balaban J connectivity index is 0.000000814.